The van der Waals surface area contributed by atoms with Gasteiger partial charge in [0.05, 0.1) is 19.3 Å². The molecule has 7 heteroatoms. The SMILES string of the molecule is COc1ccc(Br)cc1/C=C/C(=O)OCC(=O)N1C[C@@H](C)O[C@@H](C)C1. The van der Waals surface area contributed by atoms with E-state index in [0.29, 0.717) is 18.8 Å². The molecule has 0 aromatic heterocycles. The summed E-state index contributed by atoms with van der Waals surface area (Å²) < 4.78 is 16.7. The highest BCUT2D eigenvalue weighted by molar-refractivity contribution is 9.10. The van der Waals surface area contributed by atoms with Gasteiger partial charge in [-0.15, -0.1) is 0 Å². The van der Waals surface area contributed by atoms with E-state index >= 15 is 0 Å². The van der Waals surface area contributed by atoms with Crippen LogP contribution in [0.1, 0.15) is 19.4 Å². The van der Waals surface area contributed by atoms with Gasteiger partial charge in [-0.3, -0.25) is 4.79 Å². The normalized spacial score (nSPS) is 20.6. The number of esters is 1. The number of carbonyl (C=O) groups excluding carboxylic acids is 2. The zero-order valence-corrected chi connectivity index (χ0v) is 16.1. The molecular formula is C18H22BrNO5. The molecule has 2 rings (SSSR count). The highest BCUT2D eigenvalue weighted by Gasteiger charge is 2.26. The van der Waals surface area contributed by atoms with Crippen LogP contribution in [0.2, 0.25) is 0 Å². The van der Waals surface area contributed by atoms with Gasteiger partial charge in [-0.2, -0.15) is 0 Å². The van der Waals surface area contributed by atoms with Crippen LogP contribution in [0, 0.1) is 0 Å². The molecule has 1 fully saturated rings. The Balaban J connectivity index is 1.88. The molecule has 0 aliphatic carbocycles. The molecule has 0 unspecified atom stereocenters. The van der Waals surface area contributed by atoms with Gasteiger partial charge in [0.2, 0.25) is 0 Å². The lowest BCUT2D eigenvalue weighted by atomic mass is 10.2. The summed E-state index contributed by atoms with van der Waals surface area (Å²) in [6, 6.07) is 5.46. The van der Waals surface area contributed by atoms with Crippen LogP contribution in [0.15, 0.2) is 28.7 Å². The fourth-order valence-electron chi connectivity index (χ4n) is 2.65. The second-order valence-electron chi connectivity index (χ2n) is 5.88. The molecule has 1 aliphatic heterocycles. The van der Waals surface area contributed by atoms with Crippen molar-refractivity contribution in [2.24, 2.45) is 0 Å². The molecule has 6 nitrogen and oxygen atoms in total. The minimum Gasteiger partial charge on any atom is -0.496 e. The van der Waals surface area contributed by atoms with Crippen molar-refractivity contribution in [3.05, 3.63) is 34.3 Å². The quantitative estimate of drug-likeness (QED) is 0.550. The third-order valence-corrected chi connectivity index (χ3v) is 4.19. The second-order valence-corrected chi connectivity index (χ2v) is 6.80. The van der Waals surface area contributed by atoms with Crippen LogP contribution in [0.4, 0.5) is 0 Å². The monoisotopic (exact) mass is 411 g/mol. The number of nitrogens with zero attached hydrogens (tertiary/aromatic N) is 1. The molecule has 0 spiro atoms. The molecule has 25 heavy (non-hydrogen) atoms. The van der Waals surface area contributed by atoms with Gasteiger partial charge in [-0.25, -0.2) is 4.79 Å². The van der Waals surface area contributed by atoms with E-state index in [4.69, 9.17) is 14.2 Å². The van der Waals surface area contributed by atoms with Gasteiger partial charge in [0.15, 0.2) is 6.61 Å². The Morgan fingerprint density at radius 3 is 2.64 bits per heavy atom. The maximum Gasteiger partial charge on any atom is 0.331 e. The third-order valence-electron chi connectivity index (χ3n) is 3.70. The fourth-order valence-corrected chi connectivity index (χ4v) is 3.03. The van der Waals surface area contributed by atoms with Gasteiger partial charge in [0.25, 0.3) is 5.91 Å². The highest BCUT2D eigenvalue weighted by atomic mass is 79.9. The molecule has 136 valence electrons. The first-order chi connectivity index (χ1) is 11.9. The summed E-state index contributed by atoms with van der Waals surface area (Å²) in [5.41, 5.74) is 0.732. The van der Waals surface area contributed by atoms with E-state index in [1.807, 2.05) is 26.0 Å². The van der Waals surface area contributed by atoms with Crippen LogP contribution in [0.25, 0.3) is 6.08 Å². The standard InChI is InChI=1S/C18H22BrNO5/c1-12-9-20(10-13(2)25-12)17(21)11-24-18(22)7-4-14-8-15(19)5-6-16(14)23-3/h4-8,12-13H,9-11H2,1-3H3/b7-4+/t12-,13+. The molecule has 1 saturated heterocycles. The summed E-state index contributed by atoms with van der Waals surface area (Å²) in [7, 11) is 1.56. The van der Waals surface area contributed by atoms with E-state index in [2.05, 4.69) is 15.9 Å². The number of morpholine rings is 1. The molecule has 1 aromatic carbocycles. The molecule has 1 heterocycles. The van der Waals surface area contributed by atoms with E-state index in [1.165, 1.54) is 6.08 Å². The molecule has 2 atom stereocenters. The summed E-state index contributed by atoms with van der Waals surface area (Å²) in [4.78, 5) is 25.7. The smallest absolute Gasteiger partial charge is 0.331 e. The number of methoxy groups -OCH3 is 1. The van der Waals surface area contributed by atoms with Gasteiger partial charge in [-0.05, 0) is 38.1 Å². The minimum atomic E-state index is -0.579. The van der Waals surface area contributed by atoms with Gasteiger partial charge in [0, 0.05) is 29.2 Å². The Bertz CT molecular complexity index is 651. The topological polar surface area (TPSA) is 65.1 Å². The fraction of sp³-hybridized carbons (Fsp3) is 0.444. The van der Waals surface area contributed by atoms with E-state index in [9.17, 15) is 9.59 Å². The van der Waals surface area contributed by atoms with Crippen LogP contribution in [0.3, 0.4) is 0 Å². The highest BCUT2D eigenvalue weighted by Crippen LogP contribution is 2.24. The predicted octanol–water partition coefficient (Wildman–Crippen LogP) is 2.65. The Morgan fingerprint density at radius 1 is 1.32 bits per heavy atom. The average molecular weight is 412 g/mol. The van der Waals surface area contributed by atoms with Crippen molar-refractivity contribution in [3.8, 4) is 5.75 Å². The molecule has 0 N–H and O–H groups in total. The first-order valence-corrected chi connectivity index (χ1v) is 8.80. The van der Waals surface area contributed by atoms with Crippen LogP contribution >= 0.6 is 15.9 Å². The van der Waals surface area contributed by atoms with Crippen molar-refractivity contribution >= 4 is 33.9 Å². The van der Waals surface area contributed by atoms with Crippen molar-refractivity contribution in [2.75, 3.05) is 26.8 Å². The third kappa shape index (κ3) is 5.86. The number of benzene rings is 1. The first-order valence-electron chi connectivity index (χ1n) is 8.00. The molecular weight excluding hydrogens is 390 g/mol. The number of rotatable bonds is 5. The number of amides is 1. The Morgan fingerprint density at radius 2 is 2.00 bits per heavy atom. The molecule has 1 aromatic rings. The van der Waals surface area contributed by atoms with Gasteiger partial charge >= 0.3 is 5.97 Å². The number of halogens is 1. The van der Waals surface area contributed by atoms with E-state index in [1.54, 1.807) is 24.2 Å². The van der Waals surface area contributed by atoms with Crippen molar-refractivity contribution in [1.82, 2.24) is 4.90 Å². The first kappa shape index (κ1) is 19.5. The van der Waals surface area contributed by atoms with E-state index in [-0.39, 0.29) is 24.7 Å². The van der Waals surface area contributed by atoms with Crippen LogP contribution in [-0.4, -0.2) is 55.8 Å². The van der Waals surface area contributed by atoms with E-state index < -0.39 is 5.97 Å². The van der Waals surface area contributed by atoms with Crippen LogP contribution in [-0.2, 0) is 19.1 Å². The van der Waals surface area contributed by atoms with E-state index in [0.717, 1.165) is 10.0 Å². The Kier molecular flexibility index (Phi) is 7.01. The zero-order chi connectivity index (χ0) is 18.4. The van der Waals surface area contributed by atoms with Gasteiger partial charge in [0.1, 0.15) is 5.75 Å². The molecule has 1 amide bonds. The summed E-state index contributed by atoms with van der Waals surface area (Å²) in [5, 5.41) is 0. The van der Waals surface area contributed by atoms with Crippen molar-refractivity contribution in [2.45, 2.75) is 26.1 Å². The summed E-state index contributed by atoms with van der Waals surface area (Å²) in [6.07, 6.45) is 2.83. The minimum absolute atomic E-state index is 0.0210. The molecule has 0 saturated carbocycles. The lowest BCUT2D eigenvalue weighted by Gasteiger charge is -2.35. The maximum absolute atomic E-state index is 12.2. The van der Waals surface area contributed by atoms with Crippen molar-refractivity contribution in [3.63, 3.8) is 0 Å². The lowest BCUT2D eigenvalue weighted by Crippen LogP contribution is -2.49. The average Bonchev–Trinajstić information content (AvgIpc) is 2.57. The van der Waals surface area contributed by atoms with Crippen LogP contribution < -0.4 is 4.74 Å². The van der Waals surface area contributed by atoms with Crippen LogP contribution in [0.5, 0.6) is 5.75 Å². The predicted molar refractivity (Wildman–Crippen MR) is 97.3 cm³/mol. The number of ether oxygens (including phenoxy) is 3. The maximum atomic E-state index is 12.2. The molecule has 1 aliphatic rings. The number of hydrogen-bond donors (Lipinski definition) is 0. The van der Waals surface area contributed by atoms with Crippen molar-refractivity contribution < 1.29 is 23.8 Å². The van der Waals surface area contributed by atoms with Crippen molar-refractivity contribution in [1.29, 1.82) is 0 Å². The Hall–Kier alpha value is -1.86. The Labute approximate surface area is 155 Å². The second kappa shape index (κ2) is 9.01. The zero-order valence-electron chi connectivity index (χ0n) is 14.5. The lowest BCUT2D eigenvalue weighted by molar-refractivity contribution is -0.154. The largest absolute Gasteiger partial charge is 0.496 e. The molecule has 0 radical (unpaired) electrons. The summed E-state index contributed by atoms with van der Waals surface area (Å²) in [5.74, 6) is -0.159. The van der Waals surface area contributed by atoms with Gasteiger partial charge in [-0.1, -0.05) is 15.9 Å². The van der Waals surface area contributed by atoms with Gasteiger partial charge < -0.3 is 19.1 Å². The summed E-state index contributed by atoms with van der Waals surface area (Å²) >= 11 is 3.37. The summed E-state index contributed by atoms with van der Waals surface area (Å²) in [6.45, 7) is 4.56. The molecule has 0 bridgehead atoms. The number of carbonyl (C=O) groups is 2. The number of hydrogen-bond acceptors (Lipinski definition) is 5.